The monoisotopic (exact) mass is 139 g/mol. The number of rotatable bonds is 5. The van der Waals surface area contributed by atoms with E-state index in [2.05, 4.69) is 24.9 Å². The third kappa shape index (κ3) is 5.57. The molecular weight excluding hydrogens is 122 g/mol. The molecule has 1 nitrogen and oxygen atoms in total. The van der Waals surface area contributed by atoms with Crippen LogP contribution in [-0.4, -0.2) is 12.6 Å². The Labute approximate surface area is 63.8 Å². The highest BCUT2D eigenvalue weighted by Crippen LogP contribution is 1.89. The minimum Gasteiger partial charge on any atom is -0.310 e. The molecule has 0 aliphatic rings. The summed E-state index contributed by atoms with van der Waals surface area (Å²) in [6, 6.07) is 0.550. The predicted molar refractivity (Wildman–Crippen MR) is 47.1 cm³/mol. The Morgan fingerprint density at radius 1 is 1.60 bits per heavy atom. The van der Waals surface area contributed by atoms with Crippen molar-refractivity contribution < 1.29 is 0 Å². The smallest absolute Gasteiger partial charge is 0.0137 e. The van der Waals surface area contributed by atoms with Crippen molar-refractivity contribution in [3.63, 3.8) is 0 Å². The van der Waals surface area contributed by atoms with Crippen LogP contribution >= 0.6 is 0 Å². The highest BCUT2D eigenvalue weighted by atomic mass is 14.9. The summed E-state index contributed by atoms with van der Waals surface area (Å²) in [7, 11) is 0. The lowest BCUT2D eigenvalue weighted by atomic mass is 10.2. The van der Waals surface area contributed by atoms with Gasteiger partial charge in [-0.1, -0.05) is 18.2 Å². The van der Waals surface area contributed by atoms with Crippen LogP contribution in [0.2, 0.25) is 0 Å². The van der Waals surface area contributed by atoms with Crippen LogP contribution in [0.3, 0.4) is 0 Å². The van der Waals surface area contributed by atoms with E-state index >= 15 is 0 Å². The summed E-state index contributed by atoms with van der Waals surface area (Å²) in [4.78, 5) is 0. The van der Waals surface area contributed by atoms with Gasteiger partial charge in [-0.25, -0.2) is 0 Å². The van der Waals surface area contributed by atoms with Gasteiger partial charge in [0.25, 0.3) is 0 Å². The number of hydrogen-bond acceptors (Lipinski definition) is 1. The molecule has 0 saturated heterocycles. The molecule has 1 heteroatoms. The van der Waals surface area contributed by atoms with Crippen molar-refractivity contribution >= 4 is 0 Å². The van der Waals surface area contributed by atoms with Crippen molar-refractivity contribution in [2.75, 3.05) is 6.54 Å². The Balaban J connectivity index is 3.20. The second kappa shape index (κ2) is 6.56. The molecule has 0 spiro atoms. The number of nitrogens with one attached hydrogen (secondary N) is 1. The normalized spacial score (nSPS) is 13.8. The molecule has 0 heterocycles. The Morgan fingerprint density at radius 2 is 2.30 bits per heavy atom. The van der Waals surface area contributed by atoms with Crippen molar-refractivity contribution in [3.05, 3.63) is 24.8 Å². The van der Waals surface area contributed by atoms with E-state index in [9.17, 15) is 0 Å². The van der Waals surface area contributed by atoms with Gasteiger partial charge in [-0.2, -0.15) is 0 Å². The first-order valence-corrected chi connectivity index (χ1v) is 3.76. The lowest BCUT2D eigenvalue weighted by Gasteiger charge is -2.07. The fourth-order valence-corrected chi connectivity index (χ4v) is 0.720. The van der Waals surface area contributed by atoms with E-state index < -0.39 is 0 Å². The third-order valence-corrected chi connectivity index (χ3v) is 1.34. The predicted octanol–water partition coefficient (Wildman–Crippen LogP) is 2.12. The molecule has 0 bridgehead atoms. The molecule has 58 valence electrons. The molecule has 0 aromatic rings. The van der Waals surface area contributed by atoms with E-state index in [1.54, 1.807) is 0 Å². The minimum atomic E-state index is 0.550. The highest BCUT2D eigenvalue weighted by Gasteiger charge is 1.93. The summed E-state index contributed by atoms with van der Waals surface area (Å²) < 4.78 is 0. The summed E-state index contributed by atoms with van der Waals surface area (Å²) in [5.74, 6) is 0. The second-order valence-corrected chi connectivity index (χ2v) is 2.40. The van der Waals surface area contributed by atoms with Gasteiger partial charge in [0.15, 0.2) is 0 Å². The zero-order valence-electron chi connectivity index (χ0n) is 6.93. The Kier molecular flexibility index (Phi) is 6.19. The Morgan fingerprint density at radius 3 is 2.80 bits per heavy atom. The summed E-state index contributed by atoms with van der Waals surface area (Å²) >= 11 is 0. The van der Waals surface area contributed by atoms with Gasteiger partial charge < -0.3 is 5.32 Å². The molecule has 0 aliphatic carbocycles. The maximum absolute atomic E-state index is 3.67. The van der Waals surface area contributed by atoms with Gasteiger partial charge in [-0.05, 0) is 20.3 Å². The highest BCUT2D eigenvalue weighted by molar-refractivity contribution is 4.82. The molecule has 0 saturated carbocycles. The van der Waals surface area contributed by atoms with Crippen LogP contribution in [0.25, 0.3) is 0 Å². The first-order valence-electron chi connectivity index (χ1n) is 3.76. The Hall–Kier alpha value is -0.560. The van der Waals surface area contributed by atoms with Crippen LogP contribution in [0.15, 0.2) is 24.8 Å². The Bertz CT molecular complexity index is 105. The van der Waals surface area contributed by atoms with E-state index in [0.717, 1.165) is 13.0 Å². The average molecular weight is 139 g/mol. The zero-order valence-corrected chi connectivity index (χ0v) is 6.93. The van der Waals surface area contributed by atoms with Crippen molar-refractivity contribution in [1.29, 1.82) is 0 Å². The van der Waals surface area contributed by atoms with Crippen LogP contribution in [0.5, 0.6) is 0 Å². The fourth-order valence-electron chi connectivity index (χ4n) is 0.720. The molecule has 0 aromatic heterocycles. The maximum Gasteiger partial charge on any atom is 0.0137 e. The van der Waals surface area contributed by atoms with Gasteiger partial charge in [0, 0.05) is 12.6 Å². The molecular formula is C9H17N. The van der Waals surface area contributed by atoms with E-state index in [4.69, 9.17) is 0 Å². The summed E-state index contributed by atoms with van der Waals surface area (Å²) in [6.07, 6.45) is 7.14. The maximum atomic E-state index is 3.67. The van der Waals surface area contributed by atoms with E-state index in [1.807, 2.05) is 19.1 Å². The van der Waals surface area contributed by atoms with Crippen LogP contribution in [-0.2, 0) is 0 Å². The number of allylic oxidation sites excluding steroid dienone is 1. The molecule has 0 fully saturated rings. The van der Waals surface area contributed by atoms with E-state index in [1.165, 1.54) is 0 Å². The third-order valence-electron chi connectivity index (χ3n) is 1.34. The van der Waals surface area contributed by atoms with Gasteiger partial charge in [0.2, 0.25) is 0 Å². The fraction of sp³-hybridized carbons (Fsp3) is 0.556. The molecule has 0 radical (unpaired) electrons. The first-order chi connectivity index (χ1) is 4.81. The van der Waals surface area contributed by atoms with Gasteiger partial charge >= 0.3 is 0 Å². The largest absolute Gasteiger partial charge is 0.310 e. The minimum absolute atomic E-state index is 0.550. The van der Waals surface area contributed by atoms with Gasteiger partial charge in [-0.3, -0.25) is 0 Å². The van der Waals surface area contributed by atoms with Crippen molar-refractivity contribution in [1.82, 2.24) is 5.32 Å². The molecule has 0 rings (SSSR count). The average Bonchev–Trinajstić information content (AvgIpc) is 1.89. The second-order valence-electron chi connectivity index (χ2n) is 2.40. The summed E-state index contributed by atoms with van der Waals surface area (Å²) in [5.41, 5.74) is 0. The molecule has 1 unspecified atom stereocenters. The van der Waals surface area contributed by atoms with Gasteiger partial charge in [0.1, 0.15) is 0 Å². The molecule has 0 amide bonds. The lowest BCUT2D eigenvalue weighted by molar-refractivity contribution is 0.590. The topological polar surface area (TPSA) is 12.0 Å². The zero-order chi connectivity index (χ0) is 7.82. The summed E-state index contributed by atoms with van der Waals surface area (Å²) in [6.45, 7) is 8.82. The number of hydrogen-bond donors (Lipinski definition) is 1. The quantitative estimate of drug-likeness (QED) is 0.575. The van der Waals surface area contributed by atoms with Gasteiger partial charge in [-0.15, -0.1) is 6.58 Å². The molecule has 1 atom stereocenters. The standard InChI is InChI=1S/C9H17N/c1-4-6-8-10-9(3)7-5-2/h4-6,9-10H,2,7-8H2,1,3H3/b6-4+. The molecule has 0 aromatic carbocycles. The molecule has 1 N–H and O–H groups in total. The van der Waals surface area contributed by atoms with Crippen LogP contribution in [0.4, 0.5) is 0 Å². The SMILES string of the molecule is C=CCC(C)NC/C=C/C. The van der Waals surface area contributed by atoms with Crippen LogP contribution < -0.4 is 5.32 Å². The van der Waals surface area contributed by atoms with Crippen molar-refractivity contribution in [2.45, 2.75) is 26.3 Å². The molecule has 10 heavy (non-hydrogen) atoms. The van der Waals surface area contributed by atoms with E-state index in [0.29, 0.717) is 6.04 Å². The van der Waals surface area contributed by atoms with Crippen molar-refractivity contribution in [2.24, 2.45) is 0 Å². The summed E-state index contributed by atoms with van der Waals surface area (Å²) in [5, 5.41) is 3.33. The van der Waals surface area contributed by atoms with Crippen LogP contribution in [0, 0.1) is 0 Å². The molecule has 0 aliphatic heterocycles. The first kappa shape index (κ1) is 9.44. The van der Waals surface area contributed by atoms with Crippen molar-refractivity contribution in [3.8, 4) is 0 Å². The van der Waals surface area contributed by atoms with Crippen LogP contribution in [0.1, 0.15) is 20.3 Å². The van der Waals surface area contributed by atoms with Gasteiger partial charge in [0.05, 0.1) is 0 Å². The lowest BCUT2D eigenvalue weighted by Crippen LogP contribution is -2.25. The van der Waals surface area contributed by atoms with E-state index in [-0.39, 0.29) is 0 Å².